The molecule has 1 heterocycles. The van der Waals surface area contributed by atoms with Crippen LogP contribution in [0, 0.1) is 5.82 Å². The fraction of sp³-hybridized carbons (Fsp3) is 0.143. The fourth-order valence-corrected chi connectivity index (χ4v) is 2.22. The van der Waals surface area contributed by atoms with E-state index in [1.807, 2.05) is 17.5 Å². The van der Waals surface area contributed by atoms with E-state index < -0.39 is 0 Å². The first-order valence-corrected chi connectivity index (χ1v) is 6.64. The smallest absolute Gasteiger partial charge is 0.245 e. The van der Waals surface area contributed by atoms with Gasteiger partial charge >= 0.3 is 0 Å². The van der Waals surface area contributed by atoms with Crippen LogP contribution in [0.3, 0.4) is 0 Å². The maximum Gasteiger partial charge on any atom is 0.245 e. The van der Waals surface area contributed by atoms with Crippen molar-refractivity contribution in [3.63, 3.8) is 0 Å². The minimum atomic E-state index is -0.293. The number of rotatable bonds is 4. The third kappa shape index (κ3) is 3.99. The lowest BCUT2D eigenvalue weighted by Gasteiger charge is -2.02. The Balaban J connectivity index is 1.94. The van der Waals surface area contributed by atoms with Crippen LogP contribution in [0.5, 0.6) is 0 Å². The van der Waals surface area contributed by atoms with Crippen molar-refractivity contribution in [3.05, 3.63) is 58.0 Å². The van der Waals surface area contributed by atoms with Gasteiger partial charge in [-0.25, -0.2) is 9.82 Å². The third-order valence-electron chi connectivity index (χ3n) is 2.53. The van der Waals surface area contributed by atoms with Crippen molar-refractivity contribution in [3.8, 4) is 0 Å². The molecule has 2 aromatic rings. The highest BCUT2D eigenvalue weighted by atomic mass is 32.1. The molecule has 0 bridgehead atoms. The number of nitrogens with zero attached hydrogens (tertiary/aromatic N) is 1. The number of nitrogens with one attached hydrogen (secondary N) is 1. The number of hydrazone groups is 1. The van der Waals surface area contributed by atoms with Crippen LogP contribution in [0.1, 0.15) is 17.4 Å². The Hall–Kier alpha value is -2.01. The Bertz CT molecular complexity index is 576. The number of carbonyl (C=O) groups excluding carboxylic acids is 1. The predicted octanol–water partition coefficient (Wildman–Crippen LogP) is 2.97. The number of carbonyl (C=O) groups is 1. The zero-order valence-corrected chi connectivity index (χ0v) is 11.2. The molecule has 1 aromatic carbocycles. The fourth-order valence-electron chi connectivity index (χ4n) is 1.51. The largest absolute Gasteiger partial charge is 0.273 e. The molecule has 1 N–H and O–H groups in total. The molecule has 0 radical (unpaired) electrons. The average molecular weight is 276 g/mol. The molecule has 0 unspecified atom stereocenters. The van der Waals surface area contributed by atoms with Gasteiger partial charge in [-0.15, -0.1) is 11.3 Å². The molecule has 0 spiro atoms. The molecule has 0 aliphatic rings. The van der Waals surface area contributed by atoms with Crippen molar-refractivity contribution < 1.29 is 9.18 Å². The van der Waals surface area contributed by atoms with Crippen LogP contribution < -0.4 is 5.43 Å². The number of halogens is 1. The zero-order chi connectivity index (χ0) is 13.7. The van der Waals surface area contributed by atoms with Crippen LogP contribution in [0.15, 0.2) is 46.9 Å². The second kappa shape index (κ2) is 6.24. The van der Waals surface area contributed by atoms with Crippen molar-refractivity contribution >= 4 is 23.0 Å². The van der Waals surface area contributed by atoms with Crippen molar-refractivity contribution in [1.29, 1.82) is 0 Å². The molecule has 0 aliphatic carbocycles. The number of hydrogen-bond donors (Lipinski definition) is 1. The van der Waals surface area contributed by atoms with E-state index in [0.717, 1.165) is 10.4 Å². The van der Waals surface area contributed by atoms with Gasteiger partial charge < -0.3 is 0 Å². The SMILES string of the molecule is CC(=NNC(=O)Cc1cccs1)c1ccc(F)cc1. The third-order valence-corrected chi connectivity index (χ3v) is 3.40. The van der Waals surface area contributed by atoms with E-state index in [-0.39, 0.29) is 11.7 Å². The molecule has 0 saturated heterocycles. The maximum absolute atomic E-state index is 12.8. The van der Waals surface area contributed by atoms with Gasteiger partial charge in [-0.1, -0.05) is 18.2 Å². The standard InChI is InChI=1S/C14H13FN2OS/c1-10(11-4-6-12(15)7-5-11)16-17-14(18)9-13-3-2-8-19-13/h2-8H,9H2,1H3,(H,17,18). The summed E-state index contributed by atoms with van der Waals surface area (Å²) in [6.45, 7) is 1.76. The van der Waals surface area contributed by atoms with E-state index in [0.29, 0.717) is 12.1 Å². The van der Waals surface area contributed by atoms with Gasteiger partial charge in [0.05, 0.1) is 12.1 Å². The second-order valence-electron chi connectivity index (χ2n) is 4.00. The van der Waals surface area contributed by atoms with Crippen LogP contribution >= 0.6 is 11.3 Å². The van der Waals surface area contributed by atoms with E-state index in [1.54, 1.807) is 19.1 Å². The average Bonchev–Trinajstić information content (AvgIpc) is 2.89. The summed E-state index contributed by atoms with van der Waals surface area (Å²) < 4.78 is 12.8. The van der Waals surface area contributed by atoms with E-state index in [2.05, 4.69) is 10.5 Å². The highest BCUT2D eigenvalue weighted by Crippen LogP contribution is 2.09. The first-order valence-electron chi connectivity index (χ1n) is 5.76. The molecule has 1 aromatic heterocycles. The Labute approximate surface area is 114 Å². The Morgan fingerprint density at radius 3 is 2.68 bits per heavy atom. The van der Waals surface area contributed by atoms with Gasteiger partial charge in [-0.05, 0) is 36.1 Å². The number of thiophene rings is 1. The summed E-state index contributed by atoms with van der Waals surface area (Å²) in [6.07, 6.45) is 0.317. The molecule has 0 fully saturated rings. The van der Waals surface area contributed by atoms with Crippen LogP contribution in [0.25, 0.3) is 0 Å². The zero-order valence-electron chi connectivity index (χ0n) is 10.4. The topological polar surface area (TPSA) is 41.5 Å². The van der Waals surface area contributed by atoms with E-state index in [1.165, 1.54) is 23.5 Å². The predicted molar refractivity (Wildman–Crippen MR) is 74.8 cm³/mol. The maximum atomic E-state index is 12.8. The van der Waals surface area contributed by atoms with Crippen LogP contribution in [0.4, 0.5) is 4.39 Å². The van der Waals surface area contributed by atoms with Crippen molar-refractivity contribution in [2.45, 2.75) is 13.3 Å². The molecule has 19 heavy (non-hydrogen) atoms. The van der Waals surface area contributed by atoms with E-state index in [9.17, 15) is 9.18 Å². The van der Waals surface area contributed by atoms with Gasteiger partial charge in [0.1, 0.15) is 5.82 Å². The molecule has 3 nitrogen and oxygen atoms in total. The monoisotopic (exact) mass is 276 g/mol. The van der Waals surface area contributed by atoms with Crippen LogP contribution in [-0.4, -0.2) is 11.6 Å². The molecular weight excluding hydrogens is 263 g/mol. The van der Waals surface area contributed by atoms with E-state index >= 15 is 0 Å². The molecule has 98 valence electrons. The van der Waals surface area contributed by atoms with Crippen molar-refractivity contribution in [1.82, 2.24) is 5.43 Å². The molecule has 0 aliphatic heterocycles. The first-order chi connectivity index (χ1) is 9.15. The Morgan fingerprint density at radius 1 is 1.32 bits per heavy atom. The van der Waals surface area contributed by atoms with Gasteiger partial charge in [-0.3, -0.25) is 4.79 Å². The van der Waals surface area contributed by atoms with Gasteiger partial charge in [0.25, 0.3) is 0 Å². The second-order valence-corrected chi connectivity index (χ2v) is 5.03. The summed E-state index contributed by atoms with van der Waals surface area (Å²) in [5, 5.41) is 5.93. The lowest BCUT2D eigenvalue weighted by molar-refractivity contribution is -0.120. The molecule has 0 saturated carbocycles. The summed E-state index contributed by atoms with van der Waals surface area (Å²) in [5.74, 6) is -0.456. The molecule has 0 atom stereocenters. The minimum absolute atomic E-state index is 0.163. The summed E-state index contributed by atoms with van der Waals surface area (Å²) in [7, 11) is 0. The first kappa shape index (κ1) is 13.4. The molecule has 1 amide bonds. The van der Waals surface area contributed by atoms with Crippen LogP contribution in [0.2, 0.25) is 0 Å². The van der Waals surface area contributed by atoms with Gasteiger partial charge in [0, 0.05) is 4.88 Å². The van der Waals surface area contributed by atoms with Gasteiger partial charge in [-0.2, -0.15) is 5.10 Å². The number of amides is 1. The highest BCUT2D eigenvalue weighted by molar-refractivity contribution is 7.10. The highest BCUT2D eigenvalue weighted by Gasteiger charge is 2.04. The molecule has 2 rings (SSSR count). The number of hydrogen-bond acceptors (Lipinski definition) is 3. The Kier molecular flexibility index (Phi) is 4.41. The molecule has 5 heteroatoms. The van der Waals surface area contributed by atoms with Crippen molar-refractivity contribution in [2.75, 3.05) is 0 Å². The lowest BCUT2D eigenvalue weighted by atomic mass is 10.1. The minimum Gasteiger partial charge on any atom is -0.273 e. The summed E-state index contributed by atoms with van der Waals surface area (Å²) >= 11 is 1.53. The van der Waals surface area contributed by atoms with Gasteiger partial charge in [0.15, 0.2) is 0 Å². The quantitative estimate of drug-likeness (QED) is 0.677. The normalized spacial score (nSPS) is 11.4. The van der Waals surface area contributed by atoms with Crippen molar-refractivity contribution in [2.24, 2.45) is 5.10 Å². The van der Waals surface area contributed by atoms with E-state index in [4.69, 9.17) is 0 Å². The summed E-state index contributed by atoms with van der Waals surface area (Å²) in [4.78, 5) is 12.6. The molecular formula is C14H13FN2OS. The summed E-state index contributed by atoms with van der Waals surface area (Å²) in [6, 6.07) is 9.78. The Morgan fingerprint density at radius 2 is 2.05 bits per heavy atom. The van der Waals surface area contributed by atoms with Crippen LogP contribution in [-0.2, 0) is 11.2 Å². The summed E-state index contributed by atoms with van der Waals surface area (Å²) in [5.41, 5.74) is 3.91. The van der Waals surface area contributed by atoms with Gasteiger partial charge in [0.2, 0.25) is 5.91 Å². The number of benzene rings is 1. The lowest BCUT2D eigenvalue weighted by Crippen LogP contribution is -2.20.